The third-order valence-electron chi connectivity index (χ3n) is 3.75. The van der Waals surface area contributed by atoms with Gasteiger partial charge in [0.1, 0.15) is 12.4 Å². The maximum absolute atomic E-state index is 13.2. The Morgan fingerprint density at radius 2 is 2.00 bits per heavy atom. The maximum Gasteiger partial charge on any atom is 0.341 e. The minimum absolute atomic E-state index is 0.186. The first kappa shape index (κ1) is 13.6. The van der Waals surface area contributed by atoms with Crippen LogP contribution in [0.15, 0.2) is 42.6 Å². The number of aryl methyl sites for hydroxylation is 1. The number of ether oxygens (including phenoxy) is 1. The van der Waals surface area contributed by atoms with Gasteiger partial charge in [-0.15, -0.1) is 0 Å². The number of halogens is 1. The molecule has 0 radical (unpaired) electrons. The molecule has 0 saturated heterocycles. The number of carbonyl (C=O) groups excluding carboxylic acids is 1. The zero-order valence-electron chi connectivity index (χ0n) is 12.3. The molecule has 0 N–H and O–H groups in total. The van der Waals surface area contributed by atoms with E-state index < -0.39 is 0 Å². The average molecular weight is 309 g/mol. The highest BCUT2D eigenvalue weighted by atomic mass is 19.1. The number of pyridine rings is 1. The molecule has 0 spiro atoms. The lowest BCUT2D eigenvalue weighted by molar-refractivity contribution is 0.0534. The van der Waals surface area contributed by atoms with Crippen LogP contribution >= 0.6 is 0 Å². The number of benzene rings is 1. The van der Waals surface area contributed by atoms with E-state index in [1.165, 1.54) is 12.1 Å². The molecule has 0 bridgehead atoms. The summed E-state index contributed by atoms with van der Waals surface area (Å²) in [5.74, 6) is -0.694. The van der Waals surface area contributed by atoms with Gasteiger partial charge in [0.05, 0.1) is 28.3 Å². The monoisotopic (exact) mass is 309 g/mol. The summed E-state index contributed by atoms with van der Waals surface area (Å²) in [6, 6.07) is 9.69. The zero-order valence-corrected chi connectivity index (χ0v) is 12.3. The van der Waals surface area contributed by atoms with Crippen molar-refractivity contribution < 1.29 is 13.9 Å². The SMILES string of the molecule is Cc1cc(-c2ccnc3c2C(=O)OC3)n(-c2ccc(F)cc2)n1. The molecule has 0 fully saturated rings. The first-order chi connectivity index (χ1) is 11.1. The predicted octanol–water partition coefficient (Wildman–Crippen LogP) is 3.05. The summed E-state index contributed by atoms with van der Waals surface area (Å²) in [5.41, 5.74) is 4.05. The van der Waals surface area contributed by atoms with Crippen molar-refractivity contribution in [3.8, 4) is 16.9 Å². The molecule has 2 aromatic heterocycles. The van der Waals surface area contributed by atoms with Gasteiger partial charge >= 0.3 is 5.97 Å². The first-order valence-electron chi connectivity index (χ1n) is 7.11. The van der Waals surface area contributed by atoms with E-state index in [2.05, 4.69) is 10.1 Å². The third kappa shape index (κ3) is 2.19. The van der Waals surface area contributed by atoms with Crippen LogP contribution in [0.4, 0.5) is 4.39 Å². The summed E-state index contributed by atoms with van der Waals surface area (Å²) >= 11 is 0. The van der Waals surface area contributed by atoms with Crippen LogP contribution in [0.2, 0.25) is 0 Å². The summed E-state index contributed by atoms with van der Waals surface area (Å²) in [4.78, 5) is 16.2. The Hall–Kier alpha value is -3.02. The molecule has 4 rings (SSSR count). The largest absolute Gasteiger partial charge is 0.455 e. The van der Waals surface area contributed by atoms with Crippen molar-refractivity contribution in [2.24, 2.45) is 0 Å². The second-order valence-electron chi connectivity index (χ2n) is 5.32. The second kappa shape index (κ2) is 5.01. The molecule has 5 nitrogen and oxygen atoms in total. The number of carbonyl (C=O) groups is 1. The zero-order chi connectivity index (χ0) is 16.0. The molecule has 1 aliphatic heterocycles. The van der Waals surface area contributed by atoms with E-state index in [0.717, 1.165) is 11.4 Å². The van der Waals surface area contributed by atoms with Crippen LogP contribution in [-0.4, -0.2) is 20.7 Å². The highest BCUT2D eigenvalue weighted by Gasteiger charge is 2.28. The van der Waals surface area contributed by atoms with E-state index in [0.29, 0.717) is 22.5 Å². The number of rotatable bonds is 2. The Morgan fingerprint density at radius 3 is 2.78 bits per heavy atom. The summed E-state index contributed by atoms with van der Waals surface area (Å²) in [6.07, 6.45) is 1.65. The van der Waals surface area contributed by atoms with Crippen molar-refractivity contribution in [2.45, 2.75) is 13.5 Å². The van der Waals surface area contributed by atoms with Crippen LogP contribution in [-0.2, 0) is 11.3 Å². The maximum atomic E-state index is 13.2. The molecule has 0 saturated carbocycles. The fraction of sp³-hybridized carbons (Fsp3) is 0.118. The Balaban J connectivity index is 1.93. The Morgan fingerprint density at radius 1 is 1.22 bits per heavy atom. The molecule has 1 aliphatic rings. The van der Waals surface area contributed by atoms with Gasteiger partial charge in [0.2, 0.25) is 0 Å². The molecule has 3 heterocycles. The number of fused-ring (bicyclic) bond motifs is 1. The molecule has 3 aromatic rings. The van der Waals surface area contributed by atoms with E-state index in [4.69, 9.17) is 4.74 Å². The highest BCUT2D eigenvalue weighted by molar-refractivity contribution is 5.99. The number of hydrogen-bond acceptors (Lipinski definition) is 4. The molecule has 0 amide bonds. The molecule has 114 valence electrons. The van der Waals surface area contributed by atoms with Gasteiger partial charge in [0, 0.05) is 11.8 Å². The van der Waals surface area contributed by atoms with Crippen molar-refractivity contribution in [2.75, 3.05) is 0 Å². The summed E-state index contributed by atoms with van der Waals surface area (Å²) in [6.45, 7) is 2.05. The lowest BCUT2D eigenvalue weighted by atomic mass is 10.0. The van der Waals surface area contributed by atoms with Crippen molar-refractivity contribution >= 4 is 5.97 Å². The number of esters is 1. The number of cyclic esters (lactones) is 1. The second-order valence-corrected chi connectivity index (χ2v) is 5.32. The lowest BCUT2D eigenvalue weighted by Gasteiger charge is -2.09. The minimum Gasteiger partial charge on any atom is -0.455 e. The van der Waals surface area contributed by atoms with Crippen LogP contribution in [0.3, 0.4) is 0 Å². The topological polar surface area (TPSA) is 57.0 Å². The Bertz CT molecular complexity index is 916. The molecule has 6 heteroatoms. The smallest absolute Gasteiger partial charge is 0.341 e. The van der Waals surface area contributed by atoms with Crippen molar-refractivity contribution in [3.05, 3.63) is 65.4 Å². The molecule has 23 heavy (non-hydrogen) atoms. The van der Waals surface area contributed by atoms with Crippen molar-refractivity contribution in [1.29, 1.82) is 0 Å². The lowest BCUT2D eigenvalue weighted by Crippen LogP contribution is -2.04. The van der Waals surface area contributed by atoms with Gasteiger partial charge in [0.15, 0.2) is 0 Å². The molecule has 0 atom stereocenters. The number of hydrogen-bond donors (Lipinski definition) is 0. The average Bonchev–Trinajstić information content (AvgIpc) is 3.12. The fourth-order valence-corrected chi connectivity index (χ4v) is 2.73. The van der Waals surface area contributed by atoms with E-state index in [9.17, 15) is 9.18 Å². The number of aromatic nitrogens is 3. The summed E-state index contributed by atoms with van der Waals surface area (Å²) in [5, 5.41) is 4.46. The third-order valence-corrected chi connectivity index (χ3v) is 3.75. The van der Waals surface area contributed by atoms with E-state index in [1.54, 1.807) is 29.1 Å². The van der Waals surface area contributed by atoms with Crippen LogP contribution in [0.25, 0.3) is 16.9 Å². The number of nitrogens with zero attached hydrogens (tertiary/aromatic N) is 3. The molecule has 1 aromatic carbocycles. The van der Waals surface area contributed by atoms with E-state index in [1.807, 2.05) is 13.0 Å². The Labute approximate surface area is 131 Å². The van der Waals surface area contributed by atoms with Gasteiger partial charge in [-0.3, -0.25) is 4.98 Å². The molecule has 0 aliphatic carbocycles. The van der Waals surface area contributed by atoms with Gasteiger partial charge in [0.25, 0.3) is 0 Å². The van der Waals surface area contributed by atoms with Crippen LogP contribution in [0.5, 0.6) is 0 Å². The van der Waals surface area contributed by atoms with Gasteiger partial charge in [-0.2, -0.15) is 5.10 Å². The molecular weight excluding hydrogens is 297 g/mol. The van der Waals surface area contributed by atoms with Crippen LogP contribution in [0, 0.1) is 12.7 Å². The minimum atomic E-state index is -0.382. The van der Waals surface area contributed by atoms with Gasteiger partial charge in [-0.05, 0) is 43.3 Å². The normalized spacial score (nSPS) is 13.0. The van der Waals surface area contributed by atoms with Gasteiger partial charge in [-0.25, -0.2) is 13.9 Å². The summed E-state index contributed by atoms with van der Waals surface area (Å²) in [7, 11) is 0. The van der Waals surface area contributed by atoms with E-state index in [-0.39, 0.29) is 18.4 Å². The predicted molar refractivity (Wildman–Crippen MR) is 80.6 cm³/mol. The highest BCUT2D eigenvalue weighted by Crippen LogP contribution is 2.31. The van der Waals surface area contributed by atoms with Crippen molar-refractivity contribution in [1.82, 2.24) is 14.8 Å². The van der Waals surface area contributed by atoms with Crippen molar-refractivity contribution in [3.63, 3.8) is 0 Å². The standard InChI is InChI=1S/C17H12FN3O2/c1-10-8-15(21(20-10)12-4-2-11(18)3-5-12)13-6-7-19-14-9-23-17(22)16(13)14/h2-8H,9H2,1H3. The van der Waals surface area contributed by atoms with Crippen LogP contribution < -0.4 is 0 Å². The molecular formula is C17H12FN3O2. The Kier molecular flexibility index (Phi) is 2.97. The molecule has 0 unspecified atom stereocenters. The quantitative estimate of drug-likeness (QED) is 0.683. The van der Waals surface area contributed by atoms with Gasteiger partial charge in [-0.1, -0.05) is 0 Å². The fourth-order valence-electron chi connectivity index (χ4n) is 2.73. The van der Waals surface area contributed by atoms with E-state index >= 15 is 0 Å². The van der Waals surface area contributed by atoms with Gasteiger partial charge < -0.3 is 4.74 Å². The summed E-state index contributed by atoms with van der Waals surface area (Å²) < 4.78 is 19.9. The van der Waals surface area contributed by atoms with Crippen LogP contribution in [0.1, 0.15) is 21.7 Å². The first-order valence-corrected chi connectivity index (χ1v) is 7.11.